The molecule has 386 valence electrons. The molecule has 0 spiro atoms. The fraction of sp³-hybridized carbons (Fsp3) is 0.305. The normalized spacial score (nSPS) is 21.5. The highest BCUT2D eigenvalue weighted by Crippen LogP contribution is 2.59. The Bertz CT molecular complexity index is 3440. The highest BCUT2D eigenvalue weighted by atomic mass is 19.4. The summed E-state index contributed by atoms with van der Waals surface area (Å²) in [5, 5.41) is 17.1. The van der Waals surface area contributed by atoms with Crippen LogP contribution in [0.1, 0.15) is 156 Å². The zero-order valence-electron chi connectivity index (χ0n) is 42.2. The molecule has 6 aromatic rings. The van der Waals surface area contributed by atoms with Crippen molar-refractivity contribution in [1.82, 2.24) is 0 Å². The molecule has 2 aliphatic carbocycles. The number of amides is 5. The first-order valence-corrected chi connectivity index (χ1v) is 24.3. The molecule has 3 atom stereocenters. The van der Waals surface area contributed by atoms with Crippen molar-refractivity contribution in [1.29, 1.82) is 0 Å². The monoisotopic (exact) mass is 1030 g/mol. The number of imide groups is 1. The summed E-state index contributed by atoms with van der Waals surface area (Å²) in [6.07, 6.45) is -12.8. The molecule has 5 amide bonds. The number of aliphatic hydroxyl groups is 1. The van der Waals surface area contributed by atoms with Crippen molar-refractivity contribution < 1.29 is 55.4 Å². The van der Waals surface area contributed by atoms with Gasteiger partial charge in [0.2, 0.25) is 17.2 Å². The molecule has 10 nitrogen and oxygen atoms in total. The fourth-order valence-corrected chi connectivity index (χ4v) is 12.9. The lowest BCUT2D eigenvalue weighted by Crippen LogP contribution is -2.55. The Balaban J connectivity index is 0.969. The Kier molecular flexibility index (Phi) is 11.3. The molecule has 16 heteroatoms. The maximum atomic E-state index is 15.8. The van der Waals surface area contributed by atoms with Crippen LogP contribution in [-0.2, 0) is 36.7 Å². The lowest BCUT2D eigenvalue weighted by atomic mass is 9.71. The Hall–Kier alpha value is -7.59. The first-order valence-electron chi connectivity index (χ1n) is 24.3. The summed E-state index contributed by atoms with van der Waals surface area (Å²) in [5.41, 5.74) is -4.51. The van der Waals surface area contributed by atoms with Crippen LogP contribution in [0.25, 0.3) is 0 Å². The molecule has 75 heavy (non-hydrogen) atoms. The van der Waals surface area contributed by atoms with E-state index in [9.17, 15) is 29.1 Å². The van der Waals surface area contributed by atoms with Gasteiger partial charge in [-0.05, 0) is 135 Å². The average molecular weight is 1030 g/mol. The predicted molar refractivity (Wildman–Crippen MR) is 271 cm³/mol. The Labute approximate surface area is 428 Å². The Morgan fingerprint density at radius 3 is 1.52 bits per heavy atom. The number of carbonyl (C=O) groups excluding carboxylic acids is 5. The number of anilines is 4. The standard InChI is InChI=1S/C59H52F6N4O6/c1-31(70)66-37-15-9-33(10-16-37)55(7)30-54(5,6)48-28-40(20-24-46(48)55)69-50(73)42-22-14-36(26-44(42)52(69)75)57(58(60,61)62,59(63,64)65)35-13-21-41-43(25-35)51(74)68(49(41)72)39-18-11-34(12-19-39)56(8)29-53(3,4)47-27-38(67-32(2)71)17-23-45(47)56/h9-28,49,72H,29-30H2,1-8H3,(H,66,70)(H,67,71). The van der Waals surface area contributed by atoms with Crippen molar-refractivity contribution in [3.8, 4) is 0 Å². The number of hydrogen-bond donors (Lipinski definition) is 3. The molecule has 2 heterocycles. The van der Waals surface area contributed by atoms with Crippen molar-refractivity contribution in [2.45, 2.75) is 114 Å². The number of nitrogens with zero attached hydrogens (tertiary/aromatic N) is 2. The molecule has 6 aromatic carbocycles. The smallest absolute Gasteiger partial charge is 0.369 e. The number of nitrogens with one attached hydrogen (secondary N) is 2. The van der Waals surface area contributed by atoms with Gasteiger partial charge in [-0.3, -0.25) is 28.9 Å². The van der Waals surface area contributed by atoms with Crippen molar-refractivity contribution in [2.75, 3.05) is 20.4 Å². The number of halogens is 6. The lowest BCUT2D eigenvalue weighted by molar-refractivity contribution is -0.288. The van der Waals surface area contributed by atoms with Gasteiger partial charge in [0.1, 0.15) is 0 Å². The van der Waals surface area contributed by atoms with E-state index in [-0.39, 0.29) is 34.2 Å². The van der Waals surface area contributed by atoms with Crippen molar-refractivity contribution >= 4 is 52.3 Å². The fourth-order valence-electron chi connectivity index (χ4n) is 12.9. The number of aliphatic hydroxyl groups excluding tert-OH is 1. The van der Waals surface area contributed by atoms with Gasteiger partial charge in [0.05, 0.1) is 16.8 Å². The molecule has 0 fully saturated rings. The van der Waals surface area contributed by atoms with Gasteiger partial charge in [0.15, 0.2) is 6.23 Å². The molecular weight excluding hydrogens is 975 g/mol. The second kappa shape index (κ2) is 16.7. The summed E-state index contributed by atoms with van der Waals surface area (Å²) >= 11 is 0. The molecule has 10 rings (SSSR count). The van der Waals surface area contributed by atoms with E-state index in [1.54, 1.807) is 48.5 Å². The molecule has 2 aliphatic heterocycles. The van der Waals surface area contributed by atoms with Crippen LogP contribution in [0.3, 0.4) is 0 Å². The first kappa shape index (κ1) is 50.9. The van der Waals surface area contributed by atoms with Crippen LogP contribution in [0.5, 0.6) is 0 Å². The SMILES string of the molecule is CC(=O)Nc1ccc(C2(C)CC(C)(C)c3cc(N4C(=O)c5ccc(C(c6ccc7c(c6)C(=O)N(c6ccc(C8(C)CC(C)(C)c9cc(NC(C)=O)ccc98)cc6)C7O)(C(F)(F)F)C(F)(F)F)cc5C4=O)ccc32)cc1. The van der Waals surface area contributed by atoms with Crippen LogP contribution < -0.4 is 20.4 Å². The summed E-state index contributed by atoms with van der Waals surface area (Å²) in [7, 11) is 0. The third-order valence-corrected chi connectivity index (χ3v) is 16.1. The van der Waals surface area contributed by atoms with E-state index in [4.69, 9.17) is 0 Å². The van der Waals surface area contributed by atoms with Gasteiger partial charge in [-0.25, -0.2) is 4.90 Å². The minimum atomic E-state index is -6.13. The zero-order chi connectivity index (χ0) is 54.3. The summed E-state index contributed by atoms with van der Waals surface area (Å²) in [6.45, 7) is 15.1. The van der Waals surface area contributed by atoms with E-state index in [0.29, 0.717) is 48.5 Å². The van der Waals surface area contributed by atoms with Crippen LogP contribution >= 0.6 is 0 Å². The molecular formula is C59H52F6N4O6. The van der Waals surface area contributed by atoms with Crippen molar-refractivity contribution in [3.63, 3.8) is 0 Å². The van der Waals surface area contributed by atoms with Crippen LogP contribution in [0.4, 0.5) is 49.1 Å². The summed E-state index contributed by atoms with van der Waals surface area (Å²) in [6, 6.07) is 28.4. The highest BCUT2D eigenvalue weighted by molar-refractivity contribution is 6.34. The Morgan fingerprint density at radius 1 is 0.520 bits per heavy atom. The zero-order valence-corrected chi connectivity index (χ0v) is 42.2. The second-order valence-electron chi connectivity index (χ2n) is 22.1. The summed E-state index contributed by atoms with van der Waals surface area (Å²) in [5.74, 6) is -3.54. The van der Waals surface area contributed by atoms with Crippen LogP contribution in [-0.4, -0.2) is 47.0 Å². The van der Waals surface area contributed by atoms with E-state index >= 15 is 26.3 Å². The van der Waals surface area contributed by atoms with Gasteiger partial charge in [0, 0.05) is 52.9 Å². The largest absolute Gasteiger partial charge is 0.411 e. The maximum Gasteiger partial charge on any atom is 0.411 e. The quantitative estimate of drug-likeness (QED) is 0.103. The molecule has 0 saturated heterocycles. The van der Waals surface area contributed by atoms with E-state index < -0.39 is 85.8 Å². The molecule has 3 unspecified atom stereocenters. The number of alkyl halides is 6. The molecule has 0 bridgehead atoms. The summed E-state index contributed by atoms with van der Waals surface area (Å²) < 4.78 is 94.7. The predicted octanol–water partition coefficient (Wildman–Crippen LogP) is 12.4. The number of carbonyl (C=O) groups is 5. The number of rotatable bonds is 8. The molecule has 3 N–H and O–H groups in total. The highest BCUT2D eigenvalue weighted by Gasteiger charge is 2.73. The van der Waals surface area contributed by atoms with Crippen LogP contribution in [0.15, 0.2) is 121 Å². The Morgan fingerprint density at radius 2 is 0.973 bits per heavy atom. The van der Waals surface area contributed by atoms with Gasteiger partial charge in [-0.2, -0.15) is 26.3 Å². The van der Waals surface area contributed by atoms with Crippen molar-refractivity contribution in [2.24, 2.45) is 0 Å². The molecule has 0 saturated carbocycles. The van der Waals surface area contributed by atoms with E-state index in [1.807, 2.05) is 51.1 Å². The molecule has 0 aromatic heterocycles. The molecule has 0 radical (unpaired) electrons. The third-order valence-electron chi connectivity index (χ3n) is 16.1. The van der Waals surface area contributed by atoms with Gasteiger partial charge >= 0.3 is 12.4 Å². The van der Waals surface area contributed by atoms with E-state index in [1.165, 1.54) is 19.9 Å². The minimum absolute atomic E-state index is 0.0768. The number of benzene rings is 6. The first-order chi connectivity index (χ1) is 34.9. The van der Waals surface area contributed by atoms with Gasteiger partial charge in [0.25, 0.3) is 17.7 Å². The van der Waals surface area contributed by atoms with E-state index in [2.05, 4.69) is 31.4 Å². The van der Waals surface area contributed by atoms with Crippen LogP contribution in [0, 0.1) is 0 Å². The molecule has 4 aliphatic rings. The minimum Gasteiger partial charge on any atom is -0.369 e. The lowest BCUT2D eigenvalue weighted by Gasteiger charge is -2.38. The maximum absolute atomic E-state index is 15.8. The average Bonchev–Trinajstić information content (AvgIpc) is 3.90. The third kappa shape index (κ3) is 7.60. The van der Waals surface area contributed by atoms with E-state index in [0.717, 1.165) is 55.3 Å². The van der Waals surface area contributed by atoms with Gasteiger partial charge in [-0.1, -0.05) is 96.1 Å². The van der Waals surface area contributed by atoms with Gasteiger partial charge < -0.3 is 15.7 Å². The van der Waals surface area contributed by atoms with Gasteiger partial charge in [-0.15, -0.1) is 0 Å². The number of hydrogen-bond acceptors (Lipinski definition) is 6. The van der Waals surface area contributed by atoms with Crippen molar-refractivity contribution in [3.05, 3.63) is 188 Å². The van der Waals surface area contributed by atoms with Crippen LogP contribution in [0.2, 0.25) is 0 Å². The second-order valence-corrected chi connectivity index (χ2v) is 22.1. The summed E-state index contributed by atoms with van der Waals surface area (Å²) in [4.78, 5) is 67.7. The topological polar surface area (TPSA) is 136 Å². The number of fused-ring (bicyclic) bond motifs is 4.